The standard InChI is InChI=1S/C13H11ClN2O2S/c1-8-11(10(17)7-14)19-13(15-8)16-12(18)9-5-3-2-4-6-9/h2-6H,7H2,1H3,(H,15,16,18). The number of rotatable bonds is 4. The first kappa shape index (κ1) is 13.7. The van der Waals surface area contributed by atoms with Crippen LogP contribution in [0.1, 0.15) is 25.7 Å². The van der Waals surface area contributed by atoms with Crippen LogP contribution in [0.2, 0.25) is 0 Å². The summed E-state index contributed by atoms with van der Waals surface area (Å²) >= 11 is 6.65. The Kier molecular flexibility index (Phi) is 4.29. The number of amides is 1. The molecule has 0 spiro atoms. The number of alkyl halides is 1. The Balaban J connectivity index is 2.16. The lowest BCUT2D eigenvalue weighted by molar-refractivity contribution is 0.101. The summed E-state index contributed by atoms with van der Waals surface area (Å²) < 4.78 is 0. The molecule has 1 N–H and O–H groups in total. The Morgan fingerprint density at radius 1 is 1.32 bits per heavy atom. The summed E-state index contributed by atoms with van der Waals surface area (Å²) in [6.45, 7) is 1.72. The number of benzene rings is 1. The molecule has 0 saturated heterocycles. The third-order valence-electron chi connectivity index (χ3n) is 2.43. The fourth-order valence-electron chi connectivity index (χ4n) is 1.53. The van der Waals surface area contributed by atoms with Gasteiger partial charge in [-0.2, -0.15) is 0 Å². The number of halogens is 1. The van der Waals surface area contributed by atoms with Gasteiger partial charge in [-0.1, -0.05) is 29.5 Å². The zero-order valence-electron chi connectivity index (χ0n) is 10.1. The van der Waals surface area contributed by atoms with E-state index >= 15 is 0 Å². The first-order chi connectivity index (χ1) is 9.11. The lowest BCUT2D eigenvalue weighted by Crippen LogP contribution is -2.11. The number of hydrogen-bond donors (Lipinski definition) is 1. The van der Waals surface area contributed by atoms with Gasteiger partial charge >= 0.3 is 0 Å². The number of carbonyl (C=O) groups is 2. The molecule has 98 valence electrons. The molecule has 0 aliphatic rings. The van der Waals surface area contributed by atoms with Crippen molar-refractivity contribution in [2.45, 2.75) is 6.92 Å². The molecular formula is C13H11ClN2O2S. The molecule has 0 aliphatic carbocycles. The van der Waals surface area contributed by atoms with Gasteiger partial charge < -0.3 is 0 Å². The fraction of sp³-hybridized carbons (Fsp3) is 0.154. The van der Waals surface area contributed by atoms with E-state index in [1.165, 1.54) is 0 Å². The number of nitrogens with one attached hydrogen (secondary N) is 1. The molecule has 0 aliphatic heterocycles. The second kappa shape index (κ2) is 5.95. The Hall–Kier alpha value is -1.72. The van der Waals surface area contributed by atoms with Crippen molar-refractivity contribution < 1.29 is 9.59 Å². The summed E-state index contributed by atoms with van der Waals surface area (Å²) in [7, 11) is 0. The van der Waals surface area contributed by atoms with Gasteiger partial charge in [-0.15, -0.1) is 11.6 Å². The Morgan fingerprint density at radius 3 is 2.63 bits per heavy atom. The Bertz CT molecular complexity index is 610. The molecule has 4 nitrogen and oxygen atoms in total. The third-order valence-corrected chi connectivity index (χ3v) is 3.78. The van der Waals surface area contributed by atoms with E-state index in [0.717, 1.165) is 11.3 Å². The minimum Gasteiger partial charge on any atom is -0.298 e. The highest BCUT2D eigenvalue weighted by Gasteiger charge is 2.16. The molecule has 1 aromatic heterocycles. The number of Topliss-reactive ketones (excluding diaryl/α,β-unsaturated/α-hetero) is 1. The molecule has 0 atom stereocenters. The van der Waals surface area contributed by atoms with E-state index < -0.39 is 0 Å². The van der Waals surface area contributed by atoms with Crippen LogP contribution in [0.4, 0.5) is 5.13 Å². The second-order valence-electron chi connectivity index (χ2n) is 3.81. The highest BCUT2D eigenvalue weighted by molar-refractivity contribution is 7.17. The van der Waals surface area contributed by atoms with Crippen molar-refractivity contribution in [2.24, 2.45) is 0 Å². The monoisotopic (exact) mass is 294 g/mol. The van der Waals surface area contributed by atoms with Crippen molar-refractivity contribution in [1.82, 2.24) is 4.98 Å². The molecule has 0 bridgehead atoms. The van der Waals surface area contributed by atoms with E-state index in [-0.39, 0.29) is 17.6 Å². The Labute approximate surface area is 119 Å². The van der Waals surface area contributed by atoms with E-state index in [9.17, 15) is 9.59 Å². The lowest BCUT2D eigenvalue weighted by Gasteiger charge is -2.00. The molecule has 1 heterocycles. The van der Waals surface area contributed by atoms with Gasteiger partial charge in [0.2, 0.25) is 0 Å². The molecule has 2 rings (SSSR count). The van der Waals surface area contributed by atoms with Gasteiger partial charge in [-0.3, -0.25) is 14.9 Å². The van der Waals surface area contributed by atoms with Crippen LogP contribution < -0.4 is 5.32 Å². The van der Waals surface area contributed by atoms with Crippen LogP contribution in [0.15, 0.2) is 30.3 Å². The molecule has 1 amide bonds. The minimum absolute atomic E-state index is 0.0882. The summed E-state index contributed by atoms with van der Waals surface area (Å²) in [4.78, 5) is 28.1. The van der Waals surface area contributed by atoms with Gasteiger partial charge in [0.1, 0.15) is 0 Å². The third kappa shape index (κ3) is 3.19. The first-order valence-corrected chi connectivity index (χ1v) is 6.90. The molecule has 2 aromatic rings. The second-order valence-corrected chi connectivity index (χ2v) is 5.08. The number of thiazole rings is 1. The van der Waals surface area contributed by atoms with Crippen molar-refractivity contribution in [1.29, 1.82) is 0 Å². The summed E-state index contributed by atoms with van der Waals surface area (Å²) in [6, 6.07) is 8.82. The zero-order chi connectivity index (χ0) is 13.8. The molecular weight excluding hydrogens is 284 g/mol. The maximum atomic E-state index is 11.9. The number of ketones is 1. The summed E-state index contributed by atoms with van der Waals surface area (Å²) in [5.41, 5.74) is 1.12. The molecule has 0 unspecified atom stereocenters. The van der Waals surface area contributed by atoms with Crippen LogP contribution in [0.3, 0.4) is 0 Å². The number of carbonyl (C=O) groups excluding carboxylic acids is 2. The maximum Gasteiger partial charge on any atom is 0.257 e. The van der Waals surface area contributed by atoms with E-state index in [1.807, 2.05) is 6.07 Å². The first-order valence-electron chi connectivity index (χ1n) is 5.55. The molecule has 0 saturated carbocycles. The maximum absolute atomic E-state index is 11.9. The van der Waals surface area contributed by atoms with Crippen molar-refractivity contribution in [3.05, 3.63) is 46.5 Å². The summed E-state index contributed by atoms with van der Waals surface area (Å²) in [6.07, 6.45) is 0. The van der Waals surface area contributed by atoms with Crippen LogP contribution in [-0.4, -0.2) is 22.6 Å². The summed E-state index contributed by atoms with van der Waals surface area (Å²) in [5.74, 6) is -0.522. The largest absolute Gasteiger partial charge is 0.298 e. The zero-order valence-corrected chi connectivity index (χ0v) is 11.7. The van der Waals surface area contributed by atoms with Crippen LogP contribution in [0.5, 0.6) is 0 Å². The number of hydrogen-bond acceptors (Lipinski definition) is 4. The number of aromatic nitrogens is 1. The van der Waals surface area contributed by atoms with Gasteiger partial charge in [-0.05, 0) is 19.1 Å². The van der Waals surface area contributed by atoms with Crippen LogP contribution in [-0.2, 0) is 0 Å². The quantitative estimate of drug-likeness (QED) is 0.696. The van der Waals surface area contributed by atoms with E-state index in [4.69, 9.17) is 11.6 Å². The van der Waals surface area contributed by atoms with Crippen LogP contribution >= 0.6 is 22.9 Å². The van der Waals surface area contributed by atoms with Crippen molar-refractivity contribution in [2.75, 3.05) is 11.2 Å². The van der Waals surface area contributed by atoms with Crippen molar-refractivity contribution in [3.8, 4) is 0 Å². The Morgan fingerprint density at radius 2 is 2.00 bits per heavy atom. The smallest absolute Gasteiger partial charge is 0.257 e. The highest BCUT2D eigenvalue weighted by Crippen LogP contribution is 2.23. The van der Waals surface area contributed by atoms with Crippen LogP contribution in [0, 0.1) is 6.92 Å². The normalized spacial score (nSPS) is 10.2. The number of aryl methyl sites for hydroxylation is 1. The van der Waals surface area contributed by atoms with E-state index in [0.29, 0.717) is 21.3 Å². The van der Waals surface area contributed by atoms with Crippen molar-refractivity contribution >= 4 is 39.8 Å². The van der Waals surface area contributed by atoms with Gasteiger partial charge in [0.25, 0.3) is 5.91 Å². The fourth-order valence-corrected chi connectivity index (χ4v) is 2.64. The SMILES string of the molecule is Cc1nc(NC(=O)c2ccccc2)sc1C(=O)CCl. The minimum atomic E-state index is -0.251. The highest BCUT2D eigenvalue weighted by atomic mass is 35.5. The summed E-state index contributed by atoms with van der Waals surface area (Å²) in [5, 5.41) is 3.07. The van der Waals surface area contributed by atoms with Crippen LogP contribution in [0.25, 0.3) is 0 Å². The molecule has 0 fully saturated rings. The average molecular weight is 295 g/mol. The topological polar surface area (TPSA) is 59.1 Å². The number of anilines is 1. The van der Waals surface area contributed by atoms with Gasteiger partial charge in [0.05, 0.1) is 16.5 Å². The van der Waals surface area contributed by atoms with E-state index in [2.05, 4.69) is 10.3 Å². The van der Waals surface area contributed by atoms with Gasteiger partial charge in [0.15, 0.2) is 10.9 Å². The van der Waals surface area contributed by atoms with E-state index in [1.54, 1.807) is 31.2 Å². The lowest BCUT2D eigenvalue weighted by atomic mass is 10.2. The number of nitrogens with zero attached hydrogens (tertiary/aromatic N) is 1. The average Bonchev–Trinajstić information content (AvgIpc) is 2.79. The molecule has 1 aromatic carbocycles. The van der Waals surface area contributed by atoms with Gasteiger partial charge in [0, 0.05) is 5.56 Å². The molecule has 0 radical (unpaired) electrons. The molecule has 6 heteroatoms. The molecule has 19 heavy (non-hydrogen) atoms. The predicted molar refractivity (Wildman–Crippen MR) is 76.3 cm³/mol. The predicted octanol–water partition coefficient (Wildman–Crippen LogP) is 3.13. The van der Waals surface area contributed by atoms with Gasteiger partial charge in [-0.25, -0.2) is 4.98 Å². The van der Waals surface area contributed by atoms with Crippen molar-refractivity contribution in [3.63, 3.8) is 0 Å².